The molecule has 1 aromatic heterocycles. The highest BCUT2D eigenvalue weighted by molar-refractivity contribution is 7.99. The SMILES string of the molecule is CC(=O)N1CCCSc2ccc(S(=O)(=O)Nc3ccccn3)cc21. The van der Waals surface area contributed by atoms with Crippen LogP contribution in [-0.2, 0) is 14.8 Å². The normalized spacial score (nSPS) is 14.6. The number of hydrogen-bond acceptors (Lipinski definition) is 5. The van der Waals surface area contributed by atoms with Gasteiger partial charge in [0.15, 0.2) is 0 Å². The first kappa shape index (κ1) is 16.8. The first-order valence-electron chi connectivity index (χ1n) is 7.46. The van der Waals surface area contributed by atoms with Gasteiger partial charge in [0, 0.05) is 24.6 Å². The molecule has 8 heteroatoms. The first-order valence-corrected chi connectivity index (χ1v) is 9.93. The Morgan fingerprint density at radius 2 is 2.12 bits per heavy atom. The smallest absolute Gasteiger partial charge is 0.263 e. The third-order valence-electron chi connectivity index (χ3n) is 3.60. The molecule has 1 aromatic carbocycles. The minimum absolute atomic E-state index is 0.0917. The van der Waals surface area contributed by atoms with Crippen molar-refractivity contribution in [3.05, 3.63) is 42.6 Å². The van der Waals surface area contributed by atoms with Gasteiger partial charge in [0.05, 0.1) is 10.6 Å². The van der Waals surface area contributed by atoms with Crippen LogP contribution in [0.4, 0.5) is 11.5 Å². The van der Waals surface area contributed by atoms with Crippen molar-refractivity contribution < 1.29 is 13.2 Å². The van der Waals surface area contributed by atoms with Crippen LogP contribution in [0.5, 0.6) is 0 Å². The molecule has 0 radical (unpaired) electrons. The molecule has 1 N–H and O–H groups in total. The van der Waals surface area contributed by atoms with Crippen molar-refractivity contribution >= 4 is 39.2 Å². The van der Waals surface area contributed by atoms with Crippen LogP contribution in [0.1, 0.15) is 13.3 Å². The van der Waals surface area contributed by atoms with Gasteiger partial charge >= 0.3 is 0 Å². The molecular weight excluding hydrogens is 346 g/mol. The molecule has 6 nitrogen and oxygen atoms in total. The van der Waals surface area contributed by atoms with E-state index >= 15 is 0 Å². The lowest BCUT2D eigenvalue weighted by Gasteiger charge is -2.21. The zero-order valence-corrected chi connectivity index (χ0v) is 14.7. The van der Waals surface area contributed by atoms with Gasteiger partial charge in [0.1, 0.15) is 5.82 Å². The number of hydrogen-bond donors (Lipinski definition) is 1. The third-order valence-corrected chi connectivity index (χ3v) is 6.10. The van der Waals surface area contributed by atoms with Gasteiger partial charge in [-0.25, -0.2) is 13.4 Å². The van der Waals surface area contributed by atoms with Crippen LogP contribution in [0, 0.1) is 0 Å². The number of nitrogens with zero attached hydrogens (tertiary/aromatic N) is 2. The lowest BCUT2D eigenvalue weighted by atomic mass is 10.2. The van der Waals surface area contributed by atoms with E-state index in [2.05, 4.69) is 9.71 Å². The summed E-state index contributed by atoms with van der Waals surface area (Å²) in [6.07, 6.45) is 2.39. The van der Waals surface area contributed by atoms with Gasteiger partial charge in [0.2, 0.25) is 5.91 Å². The Bertz CT molecular complexity index is 854. The second-order valence-corrected chi connectivity index (χ2v) is 8.14. The van der Waals surface area contributed by atoms with Crippen LogP contribution in [0.25, 0.3) is 0 Å². The number of thioether (sulfide) groups is 1. The molecule has 0 spiro atoms. The van der Waals surface area contributed by atoms with E-state index in [0.29, 0.717) is 12.2 Å². The van der Waals surface area contributed by atoms with Gasteiger partial charge in [-0.3, -0.25) is 9.52 Å². The van der Waals surface area contributed by atoms with Crippen LogP contribution < -0.4 is 9.62 Å². The number of aromatic nitrogens is 1. The molecule has 3 rings (SSSR count). The van der Waals surface area contributed by atoms with E-state index < -0.39 is 10.0 Å². The maximum atomic E-state index is 12.6. The molecule has 0 aliphatic carbocycles. The van der Waals surface area contributed by atoms with Gasteiger partial charge in [-0.15, -0.1) is 11.8 Å². The van der Waals surface area contributed by atoms with Gasteiger partial charge in [0.25, 0.3) is 10.0 Å². The quantitative estimate of drug-likeness (QED) is 0.907. The molecule has 0 saturated heterocycles. The minimum atomic E-state index is -3.77. The Labute approximate surface area is 145 Å². The molecule has 126 valence electrons. The fraction of sp³-hybridized carbons (Fsp3) is 0.250. The molecular formula is C16H17N3O3S2. The average Bonchev–Trinajstić information content (AvgIpc) is 2.77. The summed E-state index contributed by atoms with van der Waals surface area (Å²) in [7, 11) is -3.77. The Kier molecular flexibility index (Phi) is 4.77. The molecule has 0 saturated carbocycles. The summed E-state index contributed by atoms with van der Waals surface area (Å²) in [4.78, 5) is 18.5. The second kappa shape index (κ2) is 6.82. The van der Waals surface area contributed by atoms with Crippen molar-refractivity contribution in [3.8, 4) is 0 Å². The summed E-state index contributed by atoms with van der Waals surface area (Å²) in [6, 6.07) is 9.87. The van der Waals surface area contributed by atoms with Crippen LogP contribution in [-0.4, -0.2) is 31.6 Å². The van der Waals surface area contributed by atoms with E-state index in [9.17, 15) is 13.2 Å². The Morgan fingerprint density at radius 1 is 1.29 bits per heavy atom. The van der Waals surface area contributed by atoms with Crippen molar-refractivity contribution in [2.75, 3.05) is 21.9 Å². The lowest BCUT2D eigenvalue weighted by Crippen LogP contribution is -2.29. The van der Waals surface area contributed by atoms with Crippen molar-refractivity contribution in [1.29, 1.82) is 0 Å². The Morgan fingerprint density at radius 3 is 2.83 bits per heavy atom. The standard InChI is InChI=1S/C16H17N3O3S2/c1-12(20)19-9-4-10-23-15-7-6-13(11-14(15)19)24(21,22)18-16-5-2-3-8-17-16/h2-3,5-8,11H,4,9-10H2,1H3,(H,17,18). The maximum absolute atomic E-state index is 12.6. The van der Waals surface area contributed by atoms with Gasteiger partial charge in [-0.2, -0.15) is 0 Å². The number of amides is 1. The van der Waals surface area contributed by atoms with Crippen LogP contribution in [0.2, 0.25) is 0 Å². The molecule has 0 bridgehead atoms. The number of anilines is 2. The van der Waals surface area contributed by atoms with Crippen molar-refractivity contribution in [3.63, 3.8) is 0 Å². The number of fused-ring (bicyclic) bond motifs is 1. The number of pyridine rings is 1. The highest BCUT2D eigenvalue weighted by Gasteiger charge is 2.23. The highest BCUT2D eigenvalue weighted by Crippen LogP contribution is 2.35. The number of carbonyl (C=O) groups excluding carboxylic acids is 1. The summed E-state index contributed by atoms with van der Waals surface area (Å²) in [5.74, 6) is 1.06. The molecule has 1 amide bonds. The van der Waals surface area contributed by atoms with Gasteiger partial charge in [-0.05, 0) is 42.5 Å². The van der Waals surface area contributed by atoms with Crippen LogP contribution >= 0.6 is 11.8 Å². The molecule has 2 heterocycles. The average molecular weight is 363 g/mol. The van der Waals surface area contributed by atoms with E-state index in [1.807, 2.05) is 0 Å². The second-order valence-electron chi connectivity index (χ2n) is 5.32. The van der Waals surface area contributed by atoms with E-state index in [-0.39, 0.29) is 16.6 Å². The number of carbonyl (C=O) groups is 1. The fourth-order valence-electron chi connectivity index (χ4n) is 2.47. The zero-order valence-electron chi connectivity index (χ0n) is 13.1. The van der Waals surface area contributed by atoms with Crippen LogP contribution in [0.15, 0.2) is 52.4 Å². The van der Waals surface area contributed by atoms with E-state index in [1.54, 1.807) is 53.1 Å². The topological polar surface area (TPSA) is 79.4 Å². The first-order chi connectivity index (χ1) is 11.5. The lowest BCUT2D eigenvalue weighted by molar-refractivity contribution is -0.116. The number of benzene rings is 1. The fourth-order valence-corrected chi connectivity index (χ4v) is 4.47. The van der Waals surface area contributed by atoms with Crippen molar-refractivity contribution in [2.24, 2.45) is 0 Å². The highest BCUT2D eigenvalue weighted by atomic mass is 32.2. The van der Waals surface area contributed by atoms with E-state index in [0.717, 1.165) is 17.1 Å². The zero-order chi connectivity index (χ0) is 17.2. The predicted molar refractivity (Wildman–Crippen MR) is 94.9 cm³/mol. The summed E-state index contributed by atoms with van der Waals surface area (Å²) >= 11 is 1.63. The molecule has 0 atom stereocenters. The van der Waals surface area contributed by atoms with Gasteiger partial charge in [-0.1, -0.05) is 6.07 Å². The summed E-state index contributed by atoms with van der Waals surface area (Å²) in [5.41, 5.74) is 0.647. The summed E-state index contributed by atoms with van der Waals surface area (Å²) in [5, 5.41) is 0. The Balaban J connectivity index is 1.99. The third kappa shape index (κ3) is 3.54. The van der Waals surface area contributed by atoms with E-state index in [4.69, 9.17) is 0 Å². The molecule has 1 aliphatic rings. The van der Waals surface area contributed by atoms with Crippen molar-refractivity contribution in [1.82, 2.24) is 4.98 Å². The molecule has 2 aromatic rings. The molecule has 24 heavy (non-hydrogen) atoms. The molecule has 1 aliphatic heterocycles. The number of sulfonamides is 1. The Hall–Kier alpha value is -2.06. The summed E-state index contributed by atoms with van der Waals surface area (Å²) in [6.45, 7) is 2.08. The van der Waals surface area contributed by atoms with Crippen molar-refractivity contribution in [2.45, 2.75) is 23.1 Å². The van der Waals surface area contributed by atoms with Crippen LogP contribution in [0.3, 0.4) is 0 Å². The van der Waals surface area contributed by atoms with Gasteiger partial charge < -0.3 is 4.90 Å². The number of rotatable bonds is 3. The monoisotopic (exact) mass is 363 g/mol. The molecule has 0 fully saturated rings. The molecule has 0 unspecified atom stereocenters. The van der Waals surface area contributed by atoms with E-state index in [1.165, 1.54) is 13.1 Å². The predicted octanol–water partition coefficient (Wildman–Crippen LogP) is 2.73. The maximum Gasteiger partial charge on any atom is 0.263 e. The largest absolute Gasteiger partial charge is 0.311 e. The minimum Gasteiger partial charge on any atom is -0.311 e. The number of nitrogens with one attached hydrogen (secondary N) is 1. The summed E-state index contributed by atoms with van der Waals surface area (Å²) < 4.78 is 27.6.